The highest BCUT2D eigenvalue weighted by Gasteiger charge is 2.43. The lowest BCUT2D eigenvalue weighted by Gasteiger charge is -2.44. The molecule has 0 spiro atoms. The lowest BCUT2D eigenvalue weighted by Crippen LogP contribution is -2.48. The molecule has 1 aromatic carbocycles. The highest BCUT2D eigenvalue weighted by molar-refractivity contribution is 5.70. The highest BCUT2D eigenvalue weighted by atomic mass is 16.7. The lowest BCUT2D eigenvalue weighted by atomic mass is 9.83. The lowest BCUT2D eigenvalue weighted by molar-refractivity contribution is -0.286. The van der Waals surface area contributed by atoms with E-state index in [4.69, 9.17) is 14.2 Å². The molecule has 0 aliphatic carbocycles. The molecule has 1 N–H and O–H groups in total. The van der Waals surface area contributed by atoms with Gasteiger partial charge in [0.05, 0.1) is 25.2 Å². The van der Waals surface area contributed by atoms with E-state index in [9.17, 15) is 9.90 Å². The van der Waals surface area contributed by atoms with Crippen molar-refractivity contribution < 1.29 is 24.1 Å². The molecule has 0 bridgehead atoms. The number of hydrogen-bond donors (Lipinski definition) is 1. The van der Waals surface area contributed by atoms with Gasteiger partial charge in [-0.05, 0) is 19.1 Å². The van der Waals surface area contributed by atoms with Crippen molar-refractivity contribution in [2.75, 3.05) is 7.11 Å². The molecule has 1 fully saturated rings. The van der Waals surface area contributed by atoms with Gasteiger partial charge in [-0.15, -0.1) is 6.58 Å². The predicted molar refractivity (Wildman–Crippen MR) is 90.8 cm³/mol. The molecule has 1 aliphatic rings. The molecule has 6 atom stereocenters. The van der Waals surface area contributed by atoms with Gasteiger partial charge in [0.25, 0.3) is 0 Å². The van der Waals surface area contributed by atoms with Gasteiger partial charge < -0.3 is 19.3 Å². The average molecular weight is 334 g/mol. The van der Waals surface area contributed by atoms with Gasteiger partial charge in [-0.3, -0.25) is 4.79 Å². The number of ether oxygens (including phenoxy) is 3. The number of benzene rings is 1. The van der Waals surface area contributed by atoms with Crippen molar-refractivity contribution in [1.82, 2.24) is 0 Å². The zero-order chi connectivity index (χ0) is 17.9. The molecule has 2 rings (SSSR count). The van der Waals surface area contributed by atoms with E-state index in [1.54, 1.807) is 14.0 Å². The Morgan fingerprint density at radius 1 is 1.25 bits per heavy atom. The summed E-state index contributed by atoms with van der Waals surface area (Å²) in [5.74, 6) is -0.711. The normalized spacial score (nSPS) is 29.5. The molecule has 5 nitrogen and oxygen atoms in total. The molecule has 3 unspecified atom stereocenters. The van der Waals surface area contributed by atoms with E-state index in [2.05, 4.69) is 6.58 Å². The van der Waals surface area contributed by atoms with Crippen LogP contribution in [0.15, 0.2) is 36.9 Å². The smallest absolute Gasteiger partial charge is 0.308 e. The number of hydrogen-bond acceptors (Lipinski definition) is 4. The number of aliphatic carboxylic acids is 1. The molecular formula is C19H26O5. The Bertz CT molecular complexity index is 568. The van der Waals surface area contributed by atoms with Crippen molar-refractivity contribution >= 4 is 5.97 Å². The fraction of sp³-hybridized carbons (Fsp3) is 0.526. The fourth-order valence-electron chi connectivity index (χ4n) is 3.12. The number of rotatable bonds is 6. The summed E-state index contributed by atoms with van der Waals surface area (Å²) in [6.45, 7) is 9.51. The summed E-state index contributed by atoms with van der Waals surface area (Å²) in [4.78, 5) is 11.5. The van der Waals surface area contributed by atoms with Gasteiger partial charge in [0.2, 0.25) is 0 Å². The Labute approximate surface area is 143 Å². The minimum absolute atomic E-state index is 0.0569. The van der Waals surface area contributed by atoms with E-state index in [1.165, 1.54) is 0 Å². The molecule has 132 valence electrons. The van der Waals surface area contributed by atoms with Gasteiger partial charge in [0, 0.05) is 17.4 Å². The van der Waals surface area contributed by atoms with Crippen LogP contribution in [0.25, 0.3) is 0 Å². The zero-order valence-corrected chi connectivity index (χ0v) is 14.6. The zero-order valence-electron chi connectivity index (χ0n) is 14.6. The second-order valence-corrected chi connectivity index (χ2v) is 6.39. The van der Waals surface area contributed by atoms with E-state index >= 15 is 0 Å². The van der Waals surface area contributed by atoms with Gasteiger partial charge in [-0.1, -0.05) is 32.1 Å². The Morgan fingerprint density at radius 3 is 2.33 bits per heavy atom. The van der Waals surface area contributed by atoms with Crippen molar-refractivity contribution in [1.29, 1.82) is 0 Å². The van der Waals surface area contributed by atoms with Crippen LogP contribution in [-0.4, -0.2) is 30.4 Å². The first-order valence-corrected chi connectivity index (χ1v) is 8.19. The molecule has 0 amide bonds. The first-order valence-electron chi connectivity index (χ1n) is 8.19. The maximum atomic E-state index is 11.5. The Hall–Kier alpha value is -1.85. The van der Waals surface area contributed by atoms with Crippen molar-refractivity contribution in [2.24, 2.45) is 17.8 Å². The predicted octanol–water partition coefficient (Wildman–Crippen LogP) is 3.66. The molecule has 1 aromatic rings. The van der Waals surface area contributed by atoms with Crippen molar-refractivity contribution in [3.63, 3.8) is 0 Å². The van der Waals surface area contributed by atoms with Crippen LogP contribution >= 0.6 is 0 Å². The van der Waals surface area contributed by atoms with E-state index < -0.39 is 24.3 Å². The monoisotopic (exact) mass is 334 g/mol. The SMILES string of the molecule is C=C[C@@H](C)C1OC(c2ccc(OC)cc2)O[C@@H](C(C)C(=O)O)[C@H]1C. The summed E-state index contributed by atoms with van der Waals surface area (Å²) in [6.07, 6.45) is 0.636. The summed E-state index contributed by atoms with van der Waals surface area (Å²) < 4.78 is 17.3. The van der Waals surface area contributed by atoms with Gasteiger partial charge in [0.1, 0.15) is 5.75 Å². The van der Waals surface area contributed by atoms with Gasteiger partial charge in [-0.2, -0.15) is 0 Å². The van der Waals surface area contributed by atoms with Crippen LogP contribution in [0.4, 0.5) is 0 Å². The number of carboxylic acids is 1. The topological polar surface area (TPSA) is 65.0 Å². The summed E-state index contributed by atoms with van der Waals surface area (Å²) in [5, 5.41) is 9.40. The van der Waals surface area contributed by atoms with Crippen LogP contribution in [0.1, 0.15) is 32.6 Å². The fourth-order valence-corrected chi connectivity index (χ4v) is 3.12. The quantitative estimate of drug-likeness (QED) is 0.804. The first-order chi connectivity index (χ1) is 11.4. The maximum Gasteiger partial charge on any atom is 0.308 e. The van der Waals surface area contributed by atoms with E-state index in [1.807, 2.05) is 44.2 Å². The summed E-state index contributed by atoms with van der Waals surface area (Å²) in [5.41, 5.74) is 0.839. The van der Waals surface area contributed by atoms with Gasteiger partial charge in [-0.25, -0.2) is 0 Å². The van der Waals surface area contributed by atoms with E-state index in [0.717, 1.165) is 11.3 Å². The molecule has 1 saturated heterocycles. The second-order valence-electron chi connectivity index (χ2n) is 6.39. The molecule has 1 aliphatic heterocycles. The van der Waals surface area contributed by atoms with Crippen LogP contribution in [0.5, 0.6) is 5.75 Å². The molecule has 5 heteroatoms. The third kappa shape index (κ3) is 3.79. The molecular weight excluding hydrogens is 308 g/mol. The highest BCUT2D eigenvalue weighted by Crippen LogP contribution is 2.39. The van der Waals surface area contributed by atoms with Crippen LogP contribution in [0, 0.1) is 17.8 Å². The third-order valence-electron chi connectivity index (χ3n) is 4.76. The average Bonchev–Trinajstić information content (AvgIpc) is 2.60. The third-order valence-corrected chi connectivity index (χ3v) is 4.76. The van der Waals surface area contributed by atoms with E-state index in [-0.39, 0.29) is 17.9 Å². The largest absolute Gasteiger partial charge is 0.497 e. The van der Waals surface area contributed by atoms with Crippen LogP contribution in [-0.2, 0) is 14.3 Å². The first kappa shape index (κ1) is 18.5. The molecule has 0 aromatic heterocycles. The summed E-state index contributed by atoms with van der Waals surface area (Å²) >= 11 is 0. The summed E-state index contributed by atoms with van der Waals surface area (Å²) in [6, 6.07) is 7.42. The Kier molecular flexibility index (Phi) is 6.02. The Balaban J connectivity index is 2.30. The maximum absolute atomic E-state index is 11.5. The van der Waals surface area contributed by atoms with Crippen LogP contribution in [0.2, 0.25) is 0 Å². The Morgan fingerprint density at radius 2 is 1.83 bits per heavy atom. The molecule has 0 saturated carbocycles. The minimum Gasteiger partial charge on any atom is -0.497 e. The minimum atomic E-state index is -0.868. The van der Waals surface area contributed by atoms with Crippen LogP contribution in [0.3, 0.4) is 0 Å². The van der Waals surface area contributed by atoms with Crippen molar-refractivity contribution in [3.05, 3.63) is 42.5 Å². The van der Waals surface area contributed by atoms with E-state index in [0.29, 0.717) is 0 Å². The van der Waals surface area contributed by atoms with Gasteiger partial charge in [0.15, 0.2) is 6.29 Å². The number of methoxy groups -OCH3 is 1. The molecule has 1 heterocycles. The van der Waals surface area contributed by atoms with Crippen LogP contribution < -0.4 is 4.74 Å². The number of carboxylic acid groups (broad SMARTS) is 1. The van der Waals surface area contributed by atoms with Gasteiger partial charge >= 0.3 is 5.97 Å². The molecule has 0 radical (unpaired) electrons. The van der Waals surface area contributed by atoms with Crippen molar-refractivity contribution in [3.8, 4) is 5.75 Å². The number of carbonyl (C=O) groups is 1. The standard InChI is InChI=1S/C19H26O5/c1-6-11(2)16-12(3)17(13(4)18(20)21)24-19(23-16)14-7-9-15(22-5)10-8-14/h6-13,16-17,19H,1H2,2-5H3,(H,20,21)/t11-,12+,13?,16?,17-,19?/m1/s1. The molecule has 24 heavy (non-hydrogen) atoms. The van der Waals surface area contributed by atoms with Crippen molar-refractivity contribution in [2.45, 2.75) is 39.3 Å². The summed E-state index contributed by atoms with van der Waals surface area (Å²) in [7, 11) is 1.61. The second kappa shape index (κ2) is 7.81.